The zero-order valence-electron chi connectivity index (χ0n) is 12.1. The van der Waals surface area contributed by atoms with E-state index in [1.807, 2.05) is 13.8 Å². The van der Waals surface area contributed by atoms with E-state index in [2.05, 4.69) is 38.1 Å². The van der Waals surface area contributed by atoms with Gasteiger partial charge in [0.1, 0.15) is 0 Å². The van der Waals surface area contributed by atoms with E-state index >= 15 is 0 Å². The predicted molar refractivity (Wildman–Crippen MR) is 74.5 cm³/mol. The summed E-state index contributed by atoms with van der Waals surface area (Å²) in [6.07, 6.45) is 1.81. The molecule has 0 unspecified atom stereocenters. The first-order chi connectivity index (χ1) is 8.35. The fourth-order valence-corrected chi connectivity index (χ4v) is 2.12. The minimum Gasteiger partial charge on any atom is -0.469 e. The fourth-order valence-electron chi connectivity index (χ4n) is 2.12. The number of hydrogen-bond donors (Lipinski definition) is 0. The number of esters is 1. The molecule has 2 nitrogen and oxygen atoms in total. The third-order valence-corrected chi connectivity index (χ3v) is 3.05. The van der Waals surface area contributed by atoms with Gasteiger partial charge in [-0.1, -0.05) is 38.1 Å². The molecular formula is C16H24O2. The molecule has 0 N–H and O–H groups in total. The van der Waals surface area contributed by atoms with E-state index in [1.54, 1.807) is 0 Å². The van der Waals surface area contributed by atoms with E-state index < -0.39 is 5.41 Å². The molecule has 0 spiro atoms. The number of rotatable bonds is 5. The van der Waals surface area contributed by atoms with Gasteiger partial charge in [-0.25, -0.2) is 0 Å². The first kappa shape index (κ1) is 14.7. The van der Waals surface area contributed by atoms with E-state index in [4.69, 9.17) is 4.74 Å². The van der Waals surface area contributed by atoms with Crippen LogP contribution in [0.5, 0.6) is 0 Å². The Balaban J connectivity index is 2.72. The Morgan fingerprint density at radius 1 is 1.17 bits per heavy atom. The Bertz CT molecular complexity index is 388. The summed E-state index contributed by atoms with van der Waals surface area (Å²) in [5.41, 5.74) is 2.07. The van der Waals surface area contributed by atoms with Gasteiger partial charge in [0.15, 0.2) is 0 Å². The molecule has 18 heavy (non-hydrogen) atoms. The van der Waals surface area contributed by atoms with Crippen LogP contribution in [0.2, 0.25) is 0 Å². The van der Waals surface area contributed by atoms with Crippen molar-refractivity contribution in [2.45, 2.75) is 40.5 Å². The van der Waals surface area contributed by atoms with Gasteiger partial charge in [0, 0.05) is 0 Å². The summed E-state index contributed by atoms with van der Waals surface area (Å²) >= 11 is 0. The van der Waals surface area contributed by atoms with E-state index in [-0.39, 0.29) is 5.97 Å². The molecule has 100 valence electrons. The molecular weight excluding hydrogens is 224 g/mol. The van der Waals surface area contributed by atoms with Gasteiger partial charge in [-0.2, -0.15) is 0 Å². The van der Waals surface area contributed by atoms with Crippen molar-refractivity contribution in [3.05, 3.63) is 35.4 Å². The second-order valence-corrected chi connectivity index (χ2v) is 5.97. The number of carbonyl (C=O) groups is 1. The minimum absolute atomic E-state index is 0.159. The number of benzene rings is 1. The molecule has 1 rings (SSSR count). The van der Waals surface area contributed by atoms with Gasteiger partial charge in [-0.05, 0) is 43.7 Å². The topological polar surface area (TPSA) is 26.3 Å². The third-order valence-electron chi connectivity index (χ3n) is 3.05. The summed E-state index contributed by atoms with van der Waals surface area (Å²) in [6, 6.07) is 8.54. The molecule has 0 aliphatic carbocycles. The Hall–Kier alpha value is -1.31. The van der Waals surface area contributed by atoms with Gasteiger partial charge >= 0.3 is 5.97 Å². The van der Waals surface area contributed by atoms with Crippen LogP contribution in [0, 0.1) is 11.3 Å². The molecule has 0 bridgehead atoms. The molecule has 0 amide bonds. The lowest BCUT2D eigenvalue weighted by Gasteiger charge is -2.21. The maximum atomic E-state index is 11.6. The van der Waals surface area contributed by atoms with Gasteiger partial charge in [0.25, 0.3) is 0 Å². The Morgan fingerprint density at radius 2 is 1.67 bits per heavy atom. The van der Waals surface area contributed by atoms with Gasteiger partial charge in [0.05, 0.1) is 12.5 Å². The molecule has 2 heteroatoms. The SMILES string of the molecule is COC(=O)C(C)(C)Cc1ccc(CC(C)C)cc1. The summed E-state index contributed by atoms with van der Waals surface area (Å²) in [5, 5.41) is 0. The second-order valence-electron chi connectivity index (χ2n) is 5.97. The van der Waals surface area contributed by atoms with Crippen LogP contribution in [0.1, 0.15) is 38.8 Å². The van der Waals surface area contributed by atoms with Crippen LogP contribution in [0.4, 0.5) is 0 Å². The van der Waals surface area contributed by atoms with Crippen molar-refractivity contribution < 1.29 is 9.53 Å². The highest BCUT2D eigenvalue weighted by Crippen LogP contribution is 2.23. The molecule has 0 aliphatic rings. The summed E-state index contributed by atoms with van der Waals surface area (Å²) in [7, 11) is 1.44. The standard InChI is InChI=1S/C16H24O2/c1-12(2)10-13-6-8-14(9-7-13)11-16(3,4)15(17)18-5/h6-9,12H,10-11H2,1-5H3. The molecule has 0 fully saturated rings. The molecule has 0 aliphatic heterocycles. The fraction of sp³-hybridized carbons (Fsp3) is 0.562. The number of carbonyl (C=O) groups excluding carboxylic acids is 1. The lowest BCUT2D eigenvalue weighted by Crippen LogP contribution is -2.27. The van der Waals surface area contributed by atoms with Crippen LogP contribution in [0.3, 0.4) is 0 Å². The van der Waals surface area contributed by atoms with Crippen LogP contribution in [-0.4, -0.2) is 13.1 Å². The van der Waals surface area contributed by atoms with Gasteiger partial charge < -0.3 is 4.74 Å². The van der Waals surface area contributed by atoms with Crippen molar-refractivity contribution in [2.75, 3.05) is 7.11 Å². The predicted octanol–water partition coefficient (Wildman–Crippen LogP) is 3.63. The van der Waals surface area contributed by atoms with Crippen molar-refractivity contribution in [3.63, 3.8) is 0 Å². The molecule has 1 aromatic carbocycles. The second kappa shape index (κ2) is 6.03. The van der Waals surface area contributed by atoms with Gasteiger partial charge in [0.2, 0.25) is 0 Å². The average Bonchev–Trinajstić information content (AvgIpc) is 2.29. The summed E-state index contributed by atoms with van der Waals surface area (Å²) in [4.78, 5) is 11.6. The summed E-state index contributed by atoms with van der Waals surface area (Å²) in [6.45, 7) is 8.27. The molecule has 0 saturated heterocycles. The molecule has 1 aromatic rings. The van der Waals surface area contributed by atoms with E-state index in [0.29, 0.717) is 12.3 Å². The highest BCUT2D eigenvalue weighted by Gasteiger charge is 2.28. The zero-order chi connectivity index (χ0) is 13.8. The lowest BCUT2D eigenvalue weighted by molar-refractivity contribution is -0.150. The minimum atomic E-state index is -0.464. The van der Waals surface area contributed by atoms with Gasteiger partial charge in [-0.15, -0.1) is 0 Å². The molecule has 0 radical (unpaired) electrons. The Labute approximate surface area is 110 Å². The highest BCUT2D eigenvalue weighted by molar-refractivity contribution is 5.76. The Morgan fingerprint density at radius 3 is 2.11 bits per heavy atom. The summed E-state index contributed by atoms with van der Waals surface area (Å²) in [5.74, 6) is 0.510. The van der Waals surface area contributed by atoms with Crippen LogP contribution >= 0.6 is 0 Å². The number of methoxy groups -OCH3 is 1. The number of hydrogen-bond acceptors (Lipinski definition) is 2. The lowest BCUT2D eigenvalue weighted by atomic mass is 9.85. The third kappa shape index (κ3) is 4.17. The number of ether oxygens (including phenoxy) is 1. The molecule has 0 atom stereocenters. The van der Waals surface area contributed by atoms with Crippen LogP contribution in [0.15, 0.2) is 24.3 Å². The van der Waals surface area contributed by atoms with Crippen molar-refractivity contribution in [2.24, 2.45) is 11.3 Å². The van der Waals surface area contributed by atoms with Crippen molar-refractivity contribution in [1.29, 1.82) is 0 Å². The quantitative estimate of drug-likeness (QED) is 0.744. The smallest absolute Gasteiger partial charge is 0.311 e. The van der Waals surface area contributed by atoms with Crippen molar-refractivity contribution in [3.8, 4) is 0 Å². The van der Waals surface area contributed by atoms with E-state index in [9.17, 15) is 4.79 Å². The van der Waals surface area contributed by atoms with Crippen LogP contribution in [-0.2, 0) is 22.4 Å². The largest absolute Gasteiger partial charge is 0.469 e. The van der Waals surface area contributed by atoms with E-state index in [1.165, 1.54) is 18.2 Å². The first-order valence-electron chi connectivity index (χ1n) is 6.51. The molecule has 0 aromatic heterocycles. The Kier molecular flexibility index (Phi) is 4.94. The van der Waals surface area contributed by atoms with Gasteiger partial charge in [-0.3, -0.25) is 4.79 Å². The maximum absolute atomic E-state index is 11.6. The van der Waals surface area contributed by atoms with Crippen molar-refractivity contribution in [1.82, 2.24) is 0 Å². The van der Waals surface area contributed by atoms with Crippen LogP contribution < -0.4 is 0 Å². The van der Waals surface area contributed by atoms with Crippen LogP contribution in [0.25, 0.3) is 0 Å². The average molecular weight is 248 g/mol. The molecule has 0 heterocycles. The monoisotopic (exact) mass is 248 g/mol. The first-order valence-corrected chi connectivity index (χ1v) is 6.51. The zero-order valence-corrected chi connectivity index (χ0v) is 12.1. The highest BCUT2D eigenvalue weighted by atomic mass is 16.5. The summed E-state index contributed by atoms with van der Waals surface area (Å²) < 4.78 is 4.82. The van der Waals surface area contributed by atoms with Crippen molar-refractivity contribution >= 4 is 5.97 Å². The van der Waals surface area contributed by atoms with E-state index in [0.717, 1.165) is 6.42 Å². The normalized spacial score (nSPS) is 11.7. The molecule has 0 saturated carbocycles. The maximum Gasteiger partial charge on any atom is 0.311 e.